The maximum absolute atomic E-state index is 12.8. The molecule has 0 aliphatic carbocycles. The van der Waals surface area contributed by atoms with Crippen LogP contribution in [0.1, 0.15) is 36.2 Å². The fourth-order valence-electron chi connectivity index (χ4n) is 3.90. The van der Waals surface area contributed by atoms with Gasteiger partial charge in [-0.1, -0.05) is 49.9 Å². The van der Waals surface area contributed by atoms with Gasteiger partial charge in [0.2, 0.25) is 0 Å². The average molecular weight is 380 g/mol. The van der Waals surface area contributed by atoms with Crippen molar-refractivity contribution in [1.29, 1.82) is 0 Å². The Morgan fingerprint density at radius 2 is 1.81 bits per heavy atom. The van der Waals surface area contributed by atoms with Gasteiger partial charge in [-0.15, -0.1) is 0 Å². The summed E-state index contributed by atoms with van der Waals surface area (Å²) in [6, 6.07) is 16.1. The molecule has 140 valence electrons. The second-order valence-corrected chi connectivity index (χ2v) is 8.66. The number of aromatic amines is 1. The van der Waals surface area contributed by atoms with Gasteiger partial charge in [0.1, 0.15) is 0 Å². The summed E-state index contributed by atoms with van der Waals surface area (Å²) in [6.07, 6.45) is 1.21. The van der Waals surface area contributed by atoms with Crippen LogP contribution in [-0.2, 0) is 5.75 Å². The number of benzene rings is 2. The summed E-state index contributed by atoms with van der Waals surface area (Å²) in [6.45, 7) is 6.20. The molecule has 0 spiro atoms. The van der Waals surface area contributed by atoms with Crippen LogP contribution >= 0.6 is 11.8 Å². The van der Waals surface area contributed by atoms with Crippen LogP contribution in [0.25, 0.3) is 11.0 Å². The Kier molecular flexibility index (Phi) is 5.21. The number of nitrogens with one attached hydrogen (secondary N) is 1. The minimum Gasteiger partial charge on any atom is -0.338 e. The van der Waals surface area contributed by atoms with Gasteiger partial charge in [0.05, 0.1) is 11.0 Å². The molecular weight excluding hydrogens is 354 g/mol. The van der Waals surface area contributed by atoms with Crippen LogP contribution in [0.4, 0.5) is 0 Å². The first-order valence-corrected chi connectivity index (χ1v) is 10.5. The van der Waals surface area contributed by atoms with Gasteiger partial charge in [0.25, 0.3) is 5.91 Å². The third-order valence-corrected chi connectivity index (χ3v) is 6.04. The second kappa shape index (κ2) is 7.77. The zero-order valence-electron chi connectivity index (χ0n) is 15.8. The molecule has 0 bridgehead atoms. The minimum atomic E-state index is 0.157. The number of para-hydroxylation sites is 2. The number of nitrogens with zero attached hydrogens (tertiary/aromatic N) is 2. The maximum atomic E-state index is 12.8. The van der Waals surface area contributed by atoms with Crippen LogP contribution in [0.2, 0.25) is 0 Å². The molecule has 1 amide bonds. The number of piperidine rings is 1. The third-order valence-electron chi connectivity index (χ3n) is 5.10. The van der Waals surface area contributed by atoms with E-state index in [1.807, 2.05) is 41.3 Å². The Morgan fingerprint density at radius 3 is 2.52 bits per heavy atom. The molecule has 2 heterocycles. The second-order valence-electron chi connectivity index (χ2n) is 7.70. The molecular formula is C22H25N3OS. The standard InChI is InChI=1S/C22H25N3OS/c1-15-11-16(2)13-25(12-15)21(26)18-9-7-17(8-10-18)14-27-22-23-19-5-3-4-6-20(19)24-22/h3-10,15-16H,11-14H2,1-2H3,(H,23,24)/t15-,16-/m1/s1. The Labute approximate surface area is 164 Å². The predicted octanol–water partition coefficient (Wildman–Crippen LogP) is 4.97. The molecule has 0 radical (unpaired) electrons. The highest BCUT2D eigenvalue weighted by Crippen LogP contribution is 2.25. The zero-order valence-corrected chi connectivity index (χ0v) is 16.6. The topological polar surface area (TPSA) is 49.0 Å². The first-order valence-electron chi connectivity index (χ1n) is 9.54. The molecule has 0 saturated carbocycles. The molecule has 2 atom stereocenters. The minimum absolute atomic E-state index is 0.157. The van der Waals surface area contributed by atoms with Crippen molar-refractivity contribution < 1.29 is 4.79 Å². The van der Waals surface area contributed by atoms with Gasteiger partial charge in [0.15, 0.2) is 5.16 Å². The normalized spacial score (nSPS) is 20.1. The summed E-state index contributed by atoms with van der Waals surface area (Å²) in [4.78, 5) is 22.7. The molecule has 1 saturated heterocycles. The van der Waals surface area contributed by atoms with E-state index in [9.17, 15) is 4.79 Å². The maximum Gasteiger partial charge on any atom is 0.253 e. The van der Waals surface area contributed by atoms with E-state index in [-0.39, 0.29) is 5.91 Å². The van der Waals surface area contributed by atoms with Gasteiger partial charge in [-0.25, -0.2) is 4.98 Å². The van der Waals surface area contributed by atoms with Gasteiger partial charge in [-0.3, -0.25) is 4.79 Å². The Balaban J connectivity index is 1.39. The number of imidazole rings is 1. The quantitative estimate of drug-likeness (QED) is 0.651. The van der Waals surface area contributed by atoms with Crippen LogP contribution in [0.5, 0.6) is 0 Å². The summed E-state index contributed by atoms with van der Waals surface area (Å²) in [5.41, 5.74) is 4.03. The van der Waals surface area contributed by atoms with E-state index >= 15 is 0 Å². The lowest BCUT2D eigenvalue weighted by Gasteiger charge is -2.35. The highest BCUT2D eigenvalue weighted by molar-refractivity contribution is 7.98. The lowest BCUT2D eigenvalue weighted by molar-refractivity contribution is 0.0623. The number of rotatable bonds is 4. The SMILES string of the molecule is C[C@@H]1C[C@@H](C)CN(C(=O)c2ccc(CSc3nc4ccccc4[nH]3)cc2)C1. The van der Waals surface area contributed by atoms with Crippen LogP contribution in [0.15, 0.2) is 53.7 Å². The van der Waals surface area contributed by atoms with Gasteiger partial charge in [-0.05, 0) is 48.1 Å². The van der Waals surface area contributed by atoms with Crippen molar-refractivity contribution in [3.05, 3.63) is 59.7 Å². The molecule has 0 unspecified atom stereocenters. The highest BCUT2D eigenvalue weighted by atomic mass is 32.2. The number of thioether (sulfide) groups is 1. The van der Waals surface area contributed by atoms with Crippen LogP contribution < -0.4 is 0 Å². The Hall–Kier alpha value is -2.27. The molecule has 5 heteroatoms. The van der Waals surface area contributed by atoms with E-state index in [2.05, 4.69) is 35.9 Å². The van der Waals surface area contributed by atoms with E-state index in [0.717, 1.165) is 40.6 Å². The summed E-state index contributed by atoms with van der Waals surface area (Å²) in [5, 5.41) is 0.924. The fourth-order valence-corrected chi connectivity index (χ4v) is 4.75. The van der Waals surface area contributed by atoms with Crippen molar-refractivity contribution >= 4 is 28.7 Å². The first-order chi connectivity index (χ1) is 13.1. The smallest absolute Gasteiger partial charge is 0.253 e. The van der Waals surface area contributed by atoms with Crippen molar-refractivity contribution in [1.82, 2.24) is 14.9 Å². The van der Waals surface area contributed by atoms with Crippen LogP contribution in [-0.4, -0.2) is 33.9 Å². The van der Waals surface area contributed by atoms with Crippen molar-refractivity contribution in [3.8, 4) is 0 Å². The number of fused-ring (bicyclic) bond motifs is 1. The summed E-state index contributed by atoms with van der Waals surface area (Å²) >= 11 is 1.68. The van der Waals surface area contributed by atoms with Gasteiger partial charge in [-0.2, -0.15) is 0 Å². The molecule has 1 aliphatic rings. The molecule has 3 aromatic rings. The monoisotopic (exact) mass is 379 g/mol. The number of hydrogen-bond donors (Lipinski definition) is 1. The van der Waals surface area contributed by atoms with Crippen molar-refractivity contribution in [2.24, 2.45) is 11.8 Å². The average Bonchev–Trinajstić information content (AvgIpc) is 3.08. The lowest BCUT2D eigenvalue weighted by atomic mass is 9.91. The molecule has 2 aromatic carbocycles. The summed E-state index contributed by atoms with van der Waals surface area (Å²) in [5.74, 6) is 2.14. The number of carbonyl (C=O) groups is 1. The number of likely N-dealkylation sites (tertiary alicyclic amines) is 1. The fraction of sp³-hybridized carbons (Fsp3) is 0.364. The van der Waals surface area contributed by atoms with Crippen molar-refractivity contribution in [2.45, 2.75) is 31.2 Å². The molecule has 1 aliphatic heterocycles. The van der Waals surface area contributed by atoms with E-state index < -0.39 is 0 Å². The summed E-state index contributed by atoms with van der Waals surface area (Å²) in [7, 11) is 0. The number of amides is 1. The van der Waals surface area contributed by atoms with Crippen molar-refractivity contribution in [2.75, 3.05) is 13.1 Å². The van der Waals surface area contributed by atoms with Gasteiger partial charge >= 0.3 is 0 Å². The molecule has 1 fully saturated rings. The molecule has 27 heavy (non-hydrogen) atoms. The van der Waals surface area contributed by atoms with E-state index in [0.29, 0.717) is 11.8 Å². The van der Waals surface area contributed by atoms with E-state index in [1.54, 1.807) is 11.8 Å². The van der Waals surface area contributed by atoms with Crippen LogP contribution in [0.3, 0.4) is 0 Å². The lowest BCUT2D eigenvalue weighted by Crippen LogP contribution is -2.42. The molecule has 1 N–H and O–H groups in total. The number of H-pyrrole nitrogens is 1. The summed E-state index contributed by atoms with van der Waals surface area (Å²) < 4.78 is 0. The van der Waals surface area contributed by atoms with Crippen LogP contribution in [0, 0.1) is 11.8 Å². The highest BCUT2D eigenvalue weighted by Gasteiger charge is 2.25. The van der Waals surface area contributed by atoms with Gasteiger partial charge < -0.3 is 9.88 Å². The largest absolute Gasteiger partial charge is 0.338 e. The number of carbonyl (C=O) groups excluding carboxylic acids is 1. The van der Waals surface area contributed by atoms with Crippen molar-refractivity contribution in [3.63, 3.8) is 0 Å². The number of hydrogen-bond acceptors (Lipinski definition) is 3. The van der Waals surface area contributed by atoms with Gasteiger partial charge in [0, 0.05) is 24.4 Å². The molecule has 4 rings (SSSR count). The Morgan fingerprint density at radius 1 is 1.11 bits per heavy atom. The first kappa shape index (κ1) is 18.1. The zero-order chi connectivity index (χ0) is 18.8. The molecule has 1 aromatic heterocycles. The van der Waals surface area contributed by atoms with E-state index in [4.69, 9.17) is 0 Å². The Bertz CT molecular complexity index is 891. The molecule has 4 nitrogen and oxygen atoms in total. The third kappa shape index (κ3) is 4.19. The predicted molar refractivity (Wildman–Crippen MR) is 111 cm³/mol. The van der Waals surface area contributed by atoms with E-state index in [1.165, 1.54) is 12.0 Å². The number of aromatic nitrogens is 2.